The van der Waals surface area contributed by atoms with Crippen LogP contribution in [-0.2, 0) is 0 Å². The van der Waals surface area contributed by atoms with Gasteiger partial charge in [-0.15, -0.1) is 0 Å². The van der Waals surface area contributed by atoms with Crippen molar-refractivity contribution in [2.45, 2.75) is 38.0 Å². The van der Waals surface area contributed by atoms with Crippen molar-refractivity contribution in [2.75, 3.05) is 44.6 Å². The zero-order valence-corrected chi connectivity index (χ0v) is 17.8. The van der Waals surface area contributed by atoms with Crippen LogP contribution in [0, 0.1) is 0 Å². The Morgan fingerprint density at radius 3 is 2.89 bits per heavy atom. The quantitative estimate of drug-likeness (QED) is 0.580. The highest BCUT2D eigenvalue weighted by Crippen LogP contribution is 2.42. The number of hydrogen-bond acceptors (Lipinski definition) is 3. The number of benzene rings is 1. The van der Waals surface area contributed by atoms with Crippen LogP contribution in [0.5, 0.6) is 0 Å². The zero-order chi connectivity index (χ0) is 18.8. The van der Waals surface area contributed by atoms with Crippen molar-refractivity contribution in [3.63, 3.8) is 0 Å². The summed E-state index contributed by atoms with van der Waals surface area (Å²) in [7, 11) is 0.860. The van der Waals surface area contributed by atoms with Crippen molar-refractivity contribution in [2.24, 2.45) is 0 Å². The van der Waals surface area contributed by atoms with Crippen LogP contribution in [0.15, 0.2) is 47.3 Å². The Bertz CT molecular complexity index is 804. The molecule has 0 amide bonds. The molecule has 0 bridgehead atoms. The van der Waals surface area contributed by atoms with Crippen LogP contribution in [0.1, 0.15) is 49.1 Å². The van der Waals surface area contributed by atoms with Crippen LogP contribution in [0.25, 0.3) is 5.70 Å². The fourth-order valence-electron chi connectivity index (χ4n) is 5.13. The monoisotopic (exact) mass is 389 g/mol. The van der Waals surface area contributed by atoms with Gasteiger partial charge in [0.1, 0.15) is 9.52 Å². The molecular formula is C24H31N3Si. The summed E-state index contributed by atoms with van der Waals surface area (Å²) in [6.07, 6.45) is 13.6. The first-order valence-electron chi connectivity index (χ1n) is 11.1. The molecule has 4 heterocycles. The smallest absolute Gasteiger partial charge is 0.106 e. The highest BCUT2D eigenvalue weighted by molar-refractivity contribution is 6.53. The minimum Gasteiger partial charge on any atom is -0.385 e. The van der Waals surface area contributed by atoms with Crippen LogP contribution < -0.4 is 5.32 Å². The number of allylic oxidation sites excluding steroid dienone is 2. The molecule has 4 aliphatic rings. The lowest BCUT2D eigenvalue weighted by atomic mass is 9.87. The normalized spacial score (nSPS) is 24.0. The van der Waals surface area contributed by atoms with Crippen LogP contribution >= 0.6 is 0 Å². The Morgan fingerprint density at radius 2 is 2.04 bits per heavy atom. The summed E-state index contributed by atoms with van der Waals surface area (Å²) in [6.45, 7) is 7.24. The van der Waals surface area contributed by atoms with Crippen LogP contribution in [0.2, 0.25) is 0 Å². The first-order valence-corrected chi connectivity index (χ1v) is 12.2. The molecule has 1 aromatic rings. The second-order valence-electron chi connectivity index (χ2n) is 8.49. The minimum atomic E-state index is 0.562. The number of fused-ring (bicyclic) bond motifs is 3. The Hall–Kier alpha value is -1.78. The molecule has 3 nitrogen and oxygen atoms in total. The zero-order valence-electron chi connectivity index (χ0n) is 16.8. The Labute approximate surface area is 172 Å². The predicted octanol–water partition coefficient (Wildman–Crippen LogP) is 4.23. The van der Waals surface area contributed by atoms with E-state index in [-0.39, 0.29) is 0 Å². The first-order chi connectivity index (χ1) is 13.9. The second-order valence-corrected chi connectivity index (χ2v) is 9.69. The van der Waals surface area contributed by atoms with E-state index in [0.717, 1.165) is 22.6 Å². The molecule has 5 rings (SSSR count). The molecule has 0 unspecified atom stereocenters. The standard InChI is InChI=1S/C24H31N3Si/c1-2-12-26(13-3-1)14-6-11-25-19-9-10-20-21(17-19)23-7-4-15-27(23)18-22(20)24-8-5-16-28-24/h5,7-10,16-17,22,25H,1-4,6,11-15,18H2/t22-/m0/s1. The fourth-order valence-corrected chi connectivity index (χ4v) is 6.16. The molecule has 0 saturated carbocycles. The molecule has 1 atom stereocenters. The summed E-state index contributed by atoms with van der Waals surface area (Å²) in [5.74, 6) is 0.562. The van der Waals surface area contributed by atoms with E-state index in [1.807, 2.05) is 0 Å². The van der Waals surface area contributed by atoms with Crippen molar-refractivity contribution >= 4 is 20.9 Å². The summed E-state index contributed by atoms with van der Waals surface area (Å²) in [4.78, 5) is 5.24. The molecule has 0 spiro atoms. The highest BCUT2D eigenvalue weighted by atomic mass is 28.2. The van der Waals surface area contributed by atoms with Crippen molar-refractivity contribution in [1.29, 1.82) is 0 Å². The number of anilines is 1. The number of hydrogen-bond donors (Lipinski definition) is 1. The topological polar surface area (TPSA) is 18.5 Å². The average molecular weight is 390 g/mol. The maximum Gasteiger partial charge on any atom is 0.106 e. The molecule has 0 aromatic heterocycles. The van der Waals surface area contributed by atoms with Gasteiger partial charge in [0.2, 0.25) is 0 Å². The van der Waals surface area contributed by atoms with E-state index in [1.165, 1.54) is 80.8 Å². The van der Waals surface area contributed by atoms with Gasteiger partial charge in [-0.2, -0.15) is 0 Å². The molecular weight excluding hydrogens is 358 g/mol. The van der Waals surface area contributed by atoms with E-state index < -0.39 is 0 Å². The van der Waals surface area contributed by atoms with Gasteiger partial charge in [-0.05, 0) is 63.0 Å². The first kappa shape index (κ1) is 18.3. The maximum absolute atomic E-state index is 3.70. The van der Waals surface area contributed by atoms with Crippen molar-refractivity contribution in [3.05, 3.63) is 58.4 Å². The summed E-state index contributed by atoms with van der Waals surface area (Å²) < 4.78 is 0. The molecule has 1 aromatic carbocycles. The number of piperidine rings is 1. The van der Waals surface area contributed by atoms with Gasteiger partial charge in [-0.25, -0.2) is 0 Å². The molecule has 4 heteroatoms. The van der Waals surface area contributed by atoms with Crippen molar-refractivity contribution < 1.29 is 0 Å². The van der Waals surface area contributed by atoms with E-state index in [0.29, 0.717) is 5.92 Å². The van der Waals surface area contributed by atoms with Gasteiger partial charge >= 0.3 is 0 Å². The third-order valence-corrected chi connectivity index (χ3v) is 7.82. The van der Waals surface area contributed by atoms with Crippen LogP contribution in [-0.4, -0.2) is 58.6 Å². The third-order valence-electron chi connectivity index (χ3n) is 6.61. The summed E-state index contributed by atoms with van der Waals surface area (Å²) in [6, 6.07) is 7.12. The largest absolute Gasteiger partial charge is 0.385 e. The van der Waals surface area contributed by atoms with Gasteiger partial charge in [-0.3, -0.25) is 0 Å². The van der Waals surface area contributed by atoms with Crippen molar-refractivity contribution in [3.8, 4) is 0 Å². The lowest BCUT2D eigenvalue weighted by Gasteiger charge is -2.36. The van der Waals surface area contributed by atoms with Gasteiger partial charge in [0, 0.05) is 42.5 Å². The van der Waals surface area contributed by atoms with Crippen LogP contribution in [0.3, 0.4) is 0 Å². The minimum absolute atomic E-state index is 0.562. The Balaban J connectivity index is 1.27. The average Bonchev–Trinajstić information content (AvgIpc) is 3.43. The molecule has 28 heavy (non-hydrogen) atoms. The summed E-state index contributed by atoms with van der Waals surface area (Å²) >= 11 is 0. The lowest BCUT2D eigenvalue weighted by Crippen LogP contribution is -2.32. The Morgan fingerprint density at radius 1 is 1.11 bits per heavy atom. The Kier molecular flexibility index (Phi) is 5.41. The summed E-state index contributed by atoms with van der Waals surface area (Å²) in [5, 5.41) is 5.31. The summed E-state index contributed by atoms with van der Waals surface area (Å²) in [5.41, 5.74) is 8.07. The van der Waals surface area contributed by atoms with E-state index in [1.54, 1.807) is 5.20 Å². The maximum atomic E-state index is 3.70. The fraction of sp³-hybridized carbons (Fsp3) is 0.500. The van der Waals surface area contributed by atoms with Gasteiger partial charge in [-0.1, -0.05) is 41.6 Å². The van der Waals surface area contributed by atoms with E-state index in [2.05, 4.69) is 57.2 Å². The van der Waals surface area contributed by atoms with Crippen molar-refractivity contribution in [1.82, 2.24) is 9.80 Å². The van der Waals surface area contributed by atoms with E-state index in [9.17, 15) is 0 Å². The van der Waals surface area contributed by atoms with Gasteiger partial charge in [0.25, 0.3) is 0 Å². The van der Waals surface area contributed by atoms with E-state index >= 15 is 0 Å². The number of nitrogens with zero attached hydrogens (tertiary/aromatic N) is 2. The molecule has 146 valence electrons. The van der Waals surface area contributed by atoms with E-state index in [4.69, 9.17) is 0 Å². The number of rotatable bonds is 6. The molecule has 4 aliphatic heterocycles. The predicted molar refractivity (Wildman–Crippen MR) is 120 cm³/mol. The second kappa shape index (κ2) is 8.30. The number of nitrogens with one attached hydrogen (secondary N) is 1. The van der Waals surface area contributed by atoms with Gasteiger partial charge < -0.3 is 15.1 Å². The van der Waals surface area contributed by atoms with Crippen LogP contribution in [0.4, 0.5) is 5.69 Å². The molecule has 2 radical (unpaired) electrons. The molecule has 0 aliphatic carbocycles. The molecule has 1 N–H and O–H groups in total. The third kappa shape index (κ3) is 3.72. The van der Waals surface area contributed by atoms with Gasteiger partial charge in [0.05, 0.1) is 0 Å². The highest BCUT2D eigenvalue weighted by Gasteiger charge is 2.32. The van der Waals surface area contributed by atoms with Gasteiger partial charge in [0.15, 0.2) is 0 Å². The molecule has 1 saturated heterocycles. The lowest BCUT2D eigenvalue weighted by molar-refractivity contribution is 0.228. The SMILES string of the molecule is C1=C[Si]C([C@H]2CN3CCC=C3c3cc(NCCCN4CCCCC4)ccc32)=C1. The number of likely N-dealkylation sites (tertiary alicyclic amines) is 1. The molecule has 1 fully saturated rings.